The Kier molecular flexibility index (Phi) is 4.40. The largest absolute Gasteiger partial charge is 0.345 e. The number of nitrogens with zero attached hydrogens (tertiary/aromatic N) is 3. The Balaban J connectivity index is 1.86. The first-order valence-corrected chi connectivity index (χ1v) is 6.77. The summed E-state index contributed by atoms with van der Waals surface area (Å²) < 4.78 is 1.74. The van der Waals surface area contributed by atoms with Gasteiger partial charge in [-0.05, 0) is 18.6 Å². The van der Waals surface area contributed by atoms with Crippen molar-refractivity contribution in [2.24, 2.45) is 0 Å². The molecule has 19 heavy (non-hydrogen) atoms. The third-order valence-corrected chi connectivity index (χ3v) is 3.56. The number of nitrogens with one attached hydrogen (secondary N) is 1. The summed E-state index contributed by atoms with van der Waals surface area (Å²) in [6, 6.07) is 3.49. The maximum Gasteiger partial charge on any atom is 0.227 e. The van der Waals surface area contributed by atoms with E-state index in [4.69, 9.17) is 0 Å². The molecule has 0 aromatic carbocycles. The first-order chi connectivity index (χ1) is 9.22. The summed E-state index contributed by atoms with van der Waals surface area (Å²) in [6.45, 7) is 2.45. The van der Waals surface area contributed by atoms with Gasteiger partial charge in [0, 0.05) is 19.2 Å². The van der Waals surface area contributed by atoms with Crippen molar-refractivity contribution in [3.8, 4) is 0 Å². The SMILES string of the molecule is CCc1nnc(NC(=O)CCn2cccc2C=O)s1. The summed E-state index contributed by atoms with van der Waals surface area (Å²) in [7, 11) is 0. The van der Waals surface area contributed by atoms with Crippen molar-refractivity contribution >= 4 is 28.7 Å². The van der Waals surface area contributed by atoms with Crippen LogP contribution in [0, 0.1) is 0 Å². The fourth-order valence-electron chi connectivity index (χ4n) is 1.59. The van der Waals surface area contributed by atoms with Crippen LogP contribution in [0.15, 0.2) is 18.3 Å². The average Bonchev–Trinajstić information content (AvgIpc) is 3.04. The Morgan fingerprint density at radius 3 is 3.05 bits per heavy atom. The molecule has 0 saturated heterocycles. The van der Waals surface area contributed by atoms with Gasteiger partial charge >= 0.3 is 0 Å². The van der Waals surface area contributed by atoms with Crippen molar-refractivity contribution < 1.29 is 9.59 Å². The van der Waals surface area contributed by atoms with Gasteiger partial charge in [0.25, 0.3) is 0 Å². The first-order valence-electron chi connectivity index (χ1n) is 5.95. The van der Waals surface area contributed by atoms with Crippen molar-refractivity contribution in [2.45, 2.75) is 26.3 Å². The van der Waals surface area contributed by atoms with Crippen LogP contribution in [-0.2, 0) is 17.8 Å². The molecule has 0 radical (unpaired) electrons. The molecule has 0 atom stereocenters. The zero-order valence-electron chi connectivity index (χ0n) is 10.5. The minimum atomic E-state index is -0.135. The van der Waals surface area contributed by atoms with Crippen LogP contribution in [0.3, 0.4) is 0 Å². The van der Waals surface area contributed by atoms with E-state index in [1.54, 1.807) is 22.9 Å². The van der Waals surface area contributed by atoms with E-state index in [0.717, 1.165) is 17.7 Å². The van der Waals surface area contributed by atoms with Crippen LogP contribution in [0.1, 0.15) is 28.8 Å². The van der Waals surface area contributed by atoms with Gasteiger partial charge in [-0.2, -0.15) is 0 Å². The van der Waals surface area contributed by atoms with Crippen molar-refractivity contribution in [3.05, 3.63) is 29.0 Å². The van der Waals surface area contributed by atoms with Crippen molar-refractivity contribution in [1.82, 2.24) is 14.8 Å². The van der Waals surface area contributed by atoms with Crippen LogP contribution in [0.5, 0.6) is 0 Å². The number of aromatic nitrogens is 3. The topological polar surface area (TPSA) is 76.9 Å². The van der Waals surface area contributed by atoms with Crippen LogP contribution >= 0.6 is 11.3 Å². The van der Waals surface area contributed by atoms with E-state index in [9.17, 15) is 9.59 Å². The van der Waals surface area contributed by atoms with E-state index in [0.29, 0.717) is 17.4 Å². The van der Waals surface area contributed by atoms with Gasteiger partial charge in [0.1, 0.15) is 5.01 Å². The second kappa shape index (κ2) is 6.24. The van der Waals surface area contributed by atoms with Gasteiger partial charge < -0.3 is 9.88 Å². The lowest BCUT2D eigenvalue weighted by molar-refractivity contribution is -0.116. The molecule has 0 fully saturated rings. The highest BCUT2D eigenvalue weighted by atomic mass is 32.1. The van der Waals surface area contributed by atoms with Gasteiger partial charge in [0.15, 0.2) is 6.29 Å². The minimum absolute atomic E-state index is 0.135. The van der Waals surface area contributed by atoms with Gasteiger partial charge in [0.05, 0.1) is 5.69 Å². The summed E-state index contributed by atoms with van der Waals surface area (Å²) in [4.78, 5) is 22.5. The number of carbonyl (C=O) groups is 2. The summed E-state index contributed by atoms with van der Waals surface area (Å²) >= 11 is 1.38. The molecule has 0 aliphatic rings. The van der Waals surface area contributed by atoms with Crippen LogP contribution in [0.2, 0.25) is 0 Å². The third kappa shape index (κ3) is 3.47. The molecule has 7 heteroatoms. The second-order valence-corrected chi connectivity index (χ2v) is 4.96. The molecule has 1 N–H and O–H groups in total. The minimum Gasteiger partial charge on any atom is -0.345 e. The number of aryl methyl sites for hydroxylation is 2. The Morgan fingerprint density at radius 1 is 1.53 bits per heavy atom. The highest BCUT2D eigenvalue weighted by Gasteiger charge is 2.08. The highest BCUT2D eigenvalue weighted by molar-refractivity contribution is 7.15. The van der Waals surface area contributed by atoms with Crippen molar-refractivity contribution in [1.29, 1.82) is 0 Å². The van der Waals surface area contributed by atoms with Crippen molar-refractivity contribution in [2.75, 3.05) is 5.32 Å². The molecule has 0 saturated carbocycles. The predicted molar refractivity (Wildman–Crippen MR) is 72.4 cm³/mol. The normalized spacial score (nSPS) is 10.4. The monoisotopic (exact) mass is 278 g/mol. The molecule has 1 amide bonds. The summed E-state index contributed by atoms with van der Waals surface area (Å²) in [5.74, 6) is -0.135. The molecule has 0 bridgehead atoms. The number of rotatable bonds is 6. The lowest BCUT2D eigenvalue weighted by Gasteiger charge is -2.04. The van der Waals surface area contributed by atoms with Gasteiger partial charge in [-0.25, -0.2) is 0 Å². The van der Waals surface area contributed by atoms with Gasteiger partial charge in [-0.3, -0.25) is 9.59 Å². The number of anilines is 1. The molecule has 0 spiro atoms. The van der Waals surface area contributed by atoms with Gasteiger partial charge in [0.2, 0.25) is 11.0 Å². The molecular weight excluding hydrogens is 264 g/mol. The second-order valence-electron chi connectivity index (χ2n) is 3.90. The molecule has 0 aliphatic heterocycles. The van der Waals surface area contributed by atoms with Crippen LogP contribution < -0.4 is 5.32 Å². The average molecular weight is 278 g/mol. The fourth-order valence-corrected chi connectivity index (χ4v) is 2.28. The molecule has 100 valence electrons. The molecular formula is C12H14N4O2S. The zero-order valence-corrected chi connectivity index (χ0v) is 11.3. The quantitative estimate of drug-likeness (QED) is 0.817. The van der Waals surface area contributed by atoms with Gasteiger partial charge in [-0.1, -0.05) is 18.3 Å². The van der Waals surface area contributed by atoms with E-state index < -0.39 is 0 Å². The van der Waals surface area contributed by atoms with Crippen LogP contribution in [0.4, 0.5) is 5.13 Å². The first kappa shape index (κ1) is 13.4. The summed E-state index contributed by atoms with van der Waals surface area (Å²) in [6.07, 6.45) is 3.64. The number of aldehydes is 1. The summed E-state index contributed by atoms with van der Waals surface area (Å²) in [5.41, 5.74) is 0.567. The van der Waals surface area contributed by atoms with E-state index in [2.05, 4.69) is 15.5 Å². The number of carbonyl (C=O) groups excluding carboxylic acids is 2. The van der Waals surface area contributed by atoms with Gasteiger partial charge in [-0.15, -0.1) is 10.2 Å². The van der Waals surface area contributed by atoms with E-state index in [-0.39, 0.29) is 12.3 Å². The molecule has 2 aromatic rings. The number of hydrogen-bond acceptors (Lipinski definition) is 5. The Bertz CT molecular complexity index is 576. The molecule has 6 nitrogen and oxygen atoms in total. The lowest BCUT2D eigenvalue weighted by atomic mass is 10.4. The predicted octanol–water partition coefficient (Wildman–Crippen LogP) is 1.74. The van der Waals surface area contributed by atoms with E-state index in [1.165, 1.54) is 11.3 Å². The van der Waals surface area contributed by atoms with E-state index in [1.807, 2.05) is 6.92 Å². The zero-order chi connectivity index (χ0) is 13.7. The Morgan fingerprint density at radius 2 is 2.37 bits per heavy atom. The highest BCUT2D eigenvalue weighted by Crippen LogP contribution is 2.15. The number of amides is 1. The van der Waals surface area contributed by atoms with Crippen molar-refractivity contribution in [3.63, 3.8) is 0 Å². The van der Waals surface area contributed by atoms with Crippen LogP contribution in [-0.4, -0.2) is 27.0 Å². The smallest absolute Gasteiger partial charge is 0.227 e. The van der Waals surface area contributed by atoms with E-state index >= 15 is 0 Å². The summed E-state index contributed by atoms with van der Waals surface area (Å²) in [5, 5.41) is 11.9. The number of hydrogen-bond donors (Lipinski definition) is 1. The molecule has 2 aromatic heterocycles. The van der Waals surface area contributed by atoms with Crippen LogP contribution in [0.25, 0.3) is 0 Å². The Hall–Kier alpha value is -2.02. The maximum absolute atomic E-state index is 11.7. The lowest BCUT2D eigenvalue weighted by Crippen LogP contribution is -2.14. The third-order valence-electron chi connectivity index (χ3n) is 2.58. The molecule has 0 aliphatic carbocycles. The fraction of sp³-hybridized carbons (Fsp3) is 0.333. The molecule has 2 rings (SSSR count). The Labute approximate surface area is 114 Å². The maximum atomic E-state index is 11.7. The molecule has 0 unspecified atom stereocenters. The standard InChI is InChI=1S/C12H14N4O2S/c1-2-11-14-15-12(19-11)13-10(18)5-7-16-6-3-4-9(16)8-17/h3-4,6,8H,2,5,7H2,1H3,(H,13,15,18). The molecule has 2 heterocycles.